The molecular formula is C17H23N3O3. The van der Waals surface area contributed by atoms with E-state index in [4.69, 9.17) is 9.47 Å². The molecule has 1 saturated heterocycles. The summed E-state index contributed by atoms with van der Waals surface area (Å²) in [6.45, 7) is 5.10. The highest BCUT2D eigenvalue weighted by molar-refractivity contribution is 5.78. The highest BCUT2D eigenvalue weighted by Crippen LogP contribution is 2.24. The van der Waals surface area contributed by atoms with E-state index in [-0.39, 0.29) is 6.10 Å². The molecular weight excluding hydrogens is 294 g/mol. The summed E-state index contributed by atoms with van der Waals surface area (Å²) in [6, 6.07) is 5.47. The molecule has 0 bridgehead atoms. The quantitative estimate of drug-likeness (QED) is 0.907. The number of rotatable bonds is 5. The van der Waals surface area contributed by atoms with E-state index in [0.29, 0.717) is 24.5 Å². The van der Waals surface area contributed by atoms with Gasteiger partial charge < -0.3 is 14.6 Å². The molecule has 0 radical (unpaired) electrons. The first-order valence-electron chi connectivity index (χ1n) is 8.03. The summed E-state index contributed by atoms with van der Waals surface area (Å²) in [7, 11) is 1.58. The number of β-amino-alcohol motifs (C(OH)–C–C–N with tert-alkyl or cyclic N) is 1. The molecule has 3 rings (SSSR count). The molecule has 23 heavy (non-hydrogen) atoms. The molecule has 1 aliphatic heterocycles. The van der Waals surface area contributed by atoms with Crippen molar-refractivity contribution in [1.29, 1.82) is 0 Å². The van der Waals surface area contributed by atoms with E-state index in [1.807, 2.05) is 12.1 Å². The van der Waals surface area contributed by atoms with Gasteiger partial charge in [0.15, 0.2) is 0 Å². The van der Waals surface area contributed by atoms with Gasteiger partial charge in [-0.3, -0.25) is 9.88 Å². The Bertz CT molecular complexity index is 665. The standard InChI is InChI=1S/C17H23N3O3/c1-3-12-10-20(8-9-23-12)11-15(21)13-6-7-18-14-4-5-16(22-2)19-17(13)14/h4-7,12,15,21H,3,8-11H2,1-2H3/t12-,15+/m1/s1. The number of hydrogen-bond acceptors (Lipinski definition) is 6. The summed E-state index contributed by atoms with van der Waals surface area (Å²) >= 11 is 0. The summed E-state index contributed by atoms with van der Waals surface area (Å²) in [6.07, 6.45) is 2.34. The fourth-order valence-electron chi connectivity index (χ4n) is 2.95. The number of morpholine rings is 1. The maximum Gasteiger partial charge on any atom is 0.213 e. The second-order valence-electron chi connectivity index (χ2n) is 5.80. The van der Waals surface area contributed by atoms with Crippen LogP contribution in [-0.4, -0.2) is 59.4 Å². The Labute approximate surface area is 136 Å². The van der Waals surface area contributed by atoms with E-state index in [1.165, 1.54) is 0 Å². The van der Waals surface area contributed by atoms with Crippen LogP contribution in [0.15, 0.2) is 24.4 Å². The van der Waals surface area contributed by atoms with E-state index in [0.717, 1.165) is 30.6 Å². The van der Waals surface area contributed by atoms with Crippen molar-refractivity contribution in [2.24, 2.45) is 0 Å². The molecule has 0 spiro atoms. The van der Waals surface area contributed by atoms with Crippen molar-refractivity contribution >= 4 is 11.0 Å². The number of methoxy groups -OCH3 is 1. The number of fused-ring (bicyclic) bond motifs is 1. The number of nitrogens with zero attached hydrogens (tertiary/aromatic N) is 3. The summed E-state index contributed by atoms with van der Waals surface area (Å²) in [5.41, 5.74) is 2.24. The van der Waals surface area contributed by atoms with Crippen LogP contribution in [0, 0.1) is 0 Å². The number of aliphatic hydroxyl groups is 1. The van der Waals surface area contributed by atoms with Crippen LogP contribution in [0.4, 0.5) is 0 Å². The predicted molar refractivity (Wildman–Crippen MR) is 87.5 cm³/mol. The number of aliphatic hydroxyl groups excluding tert-OH is 1. The molecule has 2 atom stereocenters. The molecule has 0 aromatic carbocycles. The van der Waals surface area contributed by atoms with Gasteiger partial charge in [0.2, 0.25) is 5.88 Å². The minimum absolute atomic E-state index is 0.253. The molecule has 0 saturated carbocycles. The lowest BCUT2D eigenvalue weighted by molar-refractivity contribution is -0.0417. The van der Waals surface area contributed by atoms with Crippen LogP contribution < -0.4 is 4.74 Å². The van der Waals surface area contributed by atoms with Crippen molar-refractivity contribution in [2.45, 2.75) is 25.6 Å². The molecule has 1 aliphatic rings. The fraction of sp³-hybridized carbons (Fsp3) is 0.529. The Morgan fingerprint density at radius 3 is 3.09 bits per heavy atom. The smallest absolute Gasteiger partial charge is 0.213 e. The van der Waals surface area contributed by atoms with E-state index in [2.05, 4.69) is 21.8 Å². The van der Waals surface area contributed by atoms with Crippen LogP contribution in [0.1, 0.15) is 25.0 Å². The minimum atomic E-state index is -0.615. The zero-order chi connectivity index (χ0) is 16.2. The molecule has 3 heterocycles. The molecule has 0 aliphatic carbocycles. The number of ether oxygens (including phenoxy) is 2. The Morgan fingerprint density at radius 1 is 1.43 bits per heavy atom. The first-order valence-corrected chi connectivity index (χ1v) is 8.03. The lowest BCUT2D eigenvalue weighted by Gasteiger charge is -2.33. The van der Waals surface area contributed by atoms with Crippen LogP contribution in [0.25, 0.3) is 11.0 Å². The van der Waals surface area contributed by atoms with Gasteiger partial charge in [0.05, 0.1) is 37.0 Å². The summed E-state index contributed by atoms with van der Waals surface area (Å²) < 4.78 is 10.9. The molecule has 6 nitrogen and oxygen atoms in total. The zero-order valence-corrected chi connectivity index (χ0v) is 13.6. The average Bonchev–Trinajstić information content (AvgIpc) is 2.60. The van der Waals surface area contributed by atoms with Crippen molar-refractivity contribution in [2.75, 3.05) is 33.4 Å². The highest BCUT2D eigenvalue weighted by atomic mass is 16.5. The number of hydrogen-bond donors (Lipinski definition) is 1. The molecule has 6 heteroatoms. The van der Waals surface area contributed by atoms with Gasteiger partial charge >= 0.3 is 0 Å². The van der Waals surface area contributed by atoms with Gasteiger partial charge in [0.1, 0.15) is 0 Å². The third-order valence-corrected chi connectivity index (χ3v) is 4.27. The summed E-state index contributed by atoms with van der Waals surface area (Å²) in [4.78, 5) is 11.0. The van der Waals surface area contributed by atoms with Gasteiger partial charge in [-0.1, -0.05) is 6.92 Å². The van der Waals surface area contributed by atoms with Crippen LogP contribution in [-0.2, 0) is 4.74 Å². The second kappa shape index (κ2) is 7.21. The van der Waals surface area contributed by atoms with Gasteiger partial charge in [0.25, 0.3) is 0 Å². The lowest BCUT2D eigenvalue weighted by Crippen LogP contribution is -2.43. The van der Waals surface area contributed by atoms with Crippen LogP contribution in [0.3, 0.4) is 0 Å². The van der Waals surface area contributed by atoms with E-state index >= 15 is 0 Å². The first kappa shape index (κ1) is 16.1. The van der Waals surface area contributed by atoms with Gasteiger partial charge in [-0.2, -0.15) is 0 Å². The number of pyridine rings is 2. The molecule has 0 amide bonds. The molecule has 1 fully saturated rings. The molecule has 1 N–H and O–H groups in total. The van der Waals surface area contributed by atoms with Gasteiger partial charge in [-0.25, -0.2) is 4.98 Å². The lowest BCUT2D eigenvalue weighted by atomic mass is 10.1. The van der Waals surface area contributed by atoms with E-state index < -0.39 is 6.10 Å². The Hall–Kier alpha value is -1.76. The van der Waals surface area contributed by atoms with Crippen LogP contribution in [0.2, 0.25) is 0 Å². The maximum absolute atomic E-state index is 10.7. The Balaban J connectivity index is 1.81. The average molecular weight is 317 g/mol. The Kier molecular flexibility index (Phi) is 5.05. The molecule has 124 valence electrons. The van der Waals surface area contributed by atoms with Gasteiger partial charge in [0, 0.05) is 37.5 Å². The molecule has 2 aromatic rings. The van der Waals surface area contributed by atoms with Gasteiger partial charge in [-0.15, -0.1) is 0 Å². The molecule has 2 aromatic heterocycles. The summed E-state index contributed by atoms with van der Waals surface area (Å²) in [5.74, 6) is 0.524. The normalized spacial score (nSPS) is 20.6. The van der Waals surface area contributed by atoms with E-state index in [9.17, 15) is 5.11 Å². The van der Waals surface area contributed by atoms with Crippen molar-refractivity contribution in [3.63, 3.8) is 0 Å². The minimum Gasteiger partial charge on any atom is -0.481 e. The van der Waals surface area contributed by atoms with Crippen LogP contribution >= 0.6 is 0 Å². The van der Waals surface area contributed by atoms with Crippen molar-refractivity contribution in [3.05, 3.63) is 30.0 Å². The van der Waals surface area contributed by atoms with Crippen molar-refractivity contribution < 1.29 is 14.6 Å². The van der Waals surface area contributed by atoms with Gasteiger partial charge in [-0.05, 0) is 18.6 Å². The maximum atomic E-state index is 10.7. The second-order valence-corrected chi connectivity index (χ2v) is 5.80. The third-order valence-electron chi connectivity index (χ3n) is 4.27. The topological polar surface area (TPSA) is 67.7 Å². The zero-order valence-electron chi connectivity index (χ0n) is 13.6. The SMILES string of the molecule is CC[C@@H]1CN(C[C@H](O)c2ccnc3ccc(OC)nc23)CCO1. The van der Waals surface area contributed by atoms with Crippen LogP contribution in [0.5, 0.6) is 5.88 Å². The first-order chi connectivity index (χ1) is 11.2. The summed E-state index contributed by atoms with van der Waals surface area (Å²) in [5, 5.41) is 10.7. The largest absolute Gasteiger partial charge is 0.481 e. The molecule has 0 unspecified atom stereocenters. The van der Waals surface area contributed by atoms with Crippen molar-refractivity contribution in [1.82, 2.24) is 14.9 Å². The monoisotopic (exact) mass is 317 g/mol. The fourth-order valence-corrected chi connectivity index (χ4v) is 2.95. The predicted octanol–water partition coefficient (Wildman–Crippen LogP) is 1.78. The van der Waals surface area contributed by atoms with E-state index in [1.54, 1.807) is 19.4 Å². The Morgan fingerprint density at radius 2 is 2.30 bits per heavy atom. The third kappa shape index (κ3) is 3.60. The highest BCUT2D eigenvalue weighted by Gasteiger charge is 2.23. The number of aromatic nitrogens is 2. The van der Waals surface area contributed by atoms with Crippen molar-refractivity contribution in [3.8, 4) is 5.88 Å².